The Balaban J connectivity index is 2.24. The predicted molar refractivity (Wildman–Crippen MR) is 110 cm³/mol. The highest BCUT2D eigenvalue weighted by atomic mass is 35.5. The number of hydrogen-bond donors (Lipinski definition) is 1. The molecule has 0 aromatic heterocycles. The topological polar surface area (TPSA) is 101 Å². The molecule has 0 heterocycles. The van der Waals surface area contributed by atoms with Crippen molar-refractivity contribution >= 4 is 43.1 Å². The number of carbonyl (C=O) groups excluding carboxylic acids is 1. The molecule has 0 saturated carbocycles. The van der Waals surface area contributed by atoms with Crippen LogP contribution in [0.4, 0.5) is 5.69 Å². The zero-order valence-corrected chi connectivity index (χ0v) is 18.2. The molecule has 0 bridgehead atoms. The summed E-state index contributed by atoms with van der Waals surface area (Å²) in [4.78, 5) is 12.8. The van der Waals surface area contributed by atoms with Crippen LogP contribution in [0.15, 0.2) is 47.4 Å². The van der Waals surface area contributed by atoms with E-state index < -0.39 is 31.8 Å². The molecule has 0 aliphatic heterocycles. The molecular weight excluding hydrogens is 424 g/mol. The fourth-order valence-electron chi connectivity index (χ4n) is 2.44. The molecule has 1 atom stereocenters. The van der Waals surface area contributed by atoms with Gasteiger partial charge in [-0.2, -0.15) is 0 Å². The van der Waals surface area contributed by atoms with Gasteiger partial charge in [-0.3, -0.25) is 9.10 Å². The molecule has 0 radical (unpaired) electrons. The molecule has 0 aliphatic carbocycles. The zero-order chi connectivity index (χ0) is 21.3. The number of sulfonamides is 1. The third-order valence-corrected chi connectivity index (χ3v) is 6.88. The average molecular weight is 445 g/mol. The van der Waals surface area contributed by atoms with Crippen molar-refractivity contribution in [3.63, 3.8) is 0 Å². The Bertz CT molecular complexity index is 1100. The second kappa shape index (κ2) is 8.10. The van der Waals surface area contributed by atoms with Crippen molar-refractivity contribution in [2.45, 2.75) is 17.9 Å². The Hall–Kier alpha value is -2.10. The molecule has 0 fully saturated rings. The largest absolute Gasteiger partial charge is 0.345 e. The van der Waals surface area contributed by atoms with Crippen LogP contribution in [0.2, 0.25) is 5.02 Å². The van der Waals surface area contributed by atoms with Crippen LogP contribution in [0.25, 0.3) is 0 Å². The number of carbonyl (C=O) groups is 1. The standard InChI is InChI=1S/C18H21ClN2O5S2/c1-12(13-5-8-15(9-6-13)27(3,23)24)20-18(22)16-11-14(7-10-17(16)19)21(2)28(4,25)26/h5-12H,1-4H3,(H,20,22)/t12-/m0/s1. The van der Waals surface area contributed by atoms with Crippen molar-refractivity contribution in [2.24, 2.45) is 0 Å². The molecule has 2 aromatic carbocycles. The van der Waals surface area contributed by atoms with Gasteiger partial charge in [0.15, 0.2) is 9.84 Å². The second-order valence-corrected chi connectivity index (χ2v) is 10.9. The quantitative estimate of drug-likeness (QED) is 0.738. The second-order valence-electron chi connectivity index (χ2n) is 6.43. The van der Waals surface area contributed by atoms with Crippen LogP contribution < -0.4 is 9.62 Å². The van der Waals surface area contributed by atoms with Gasteiger partial charge >= 0.3 is 0 Å². The van der Waals surface area contributed by atoms with E-state index in [-0.39, 0.29) is 15.5 Å². The summed E-state index contributed by atoms with van der Waals surface area (Å²) in [6, 6.07) is 10.1. The maximum absolute atomic E-state index is 12.6. The van der Waals surface area contributed by atoms with Gasteiger partial charge in [-0.1, -0.05) is 23.7 Å². The smallest absolute Gasteiger partial charge is 0.253 e. The number of rotatable bonds is 6. The average Bonchev–Trinajstić information content (AvgIpc) is 2.60. The Morgan fingerprint density at radius 1 is 1.04 bits per heavy atom. The van der Waals surface area contributed by atoms with Crippen LogP contribution in [0.5, 0.6) is 0 Å². The van der Waals surface area contributed by atoms with Crippen LogP contribution in [0.3, 0.4) is 0 Å². The van der Waals surface area contributed by atoms with E-state index in [0.29, 0.717) is 11.3 Å². The lowest BCUT2D eigenvalue weighted by molar-refractivity contribution is 0.0940. The Kier molecular flexibility index (Phi) is 6.42. The monoisotopic (exact) mass is 444 g/mol. The minimum absolute atomic E-state index is 0.134. The summed E-state index contributed by atoms with van der Waals surface area (Å²) < 4.78 is 47.5. The lowest BCUT2D eigenvalue weighted by Crippen LogP contribution is -2.28. The van der Waals surface area contributed by atoms with Crippen molar-refractivity contribution in [1.29, 1.82) is 0 Å². The first kappa shape index (κ1) is 22.2. The predicted octanol–water partition coefficient (Wildman–Crippen LogP) is 2.63. The first-order valence-corrected chi connectivity index (χ1v) is 12.3. The number of hydrogen-bond acceptors (Lipinski definition) is 5. The first-order chi connectivity index (χ1) is 12.8. The molecule has 0 saturated heterocycles. The van der Waals surface area contributed by atoms with Gasteiger partial charge in [0.05, 0.1) is 33.5 Å². The van der Waals surface area contributed by atoms with Gasteiger partial charge in [-0.05, 0) is 42.8 Å². The molecule has 1 amide bonds. The highest BCUT2D eigenvalue weighted by Gasteiger charge is 2.19. The zero-order valence-electron chi connectivity index (χ0n) is 15.8. The minimum atomic E-state index is -3.48. The third-order valence-electron chi connectivity index (χ3n) is 4.21. The van der Waals surface area contributed by atoms with Crippen molar-refractivity contribution < 1.29 is 21.6 Å². The Morgan fingerprint density at radius 2 is 1.61 bits per heavy atom. The minimum Gasteiger partial charge on any atom is -0.345 e. The SMILES string of the molecule is C[C@H](NC(=O)c1cc(N(C)S(C)(=O)=O)ccc1Cl)c1ccc(S(C)(=O)=O)cc1. The Morgan fingerprint density at radius 3 is 2.11 bits per heavy atom. The van der Waals surface area contributed by atoms with E-state index >= 15 is 0 Å². The molecule has 0 unspecified atom stereocenters. The molecular formula is C18H21ClN2O5S2. The normalized spacial score (nSPS) is 13.0. The van der Waals surface area contributed by atoms with Crippen LogP contribution in [0.1, 0.15) is 28.9 Å². The van der Waals surface area contributed by atoms with E-state index in [1.165, 1.54) is 37.4 Å². The number of amides is 1. The first-order valence-electron chi connectivity index (χ1n) is 8.15. The number of anilines is 1. The van der Waals surface area contributed by atoms with Gasteiger partial charge in [-0.25, -0.2) is 16.8 Å². The summed E-state index contributed by atoms with van der Waals surface area (Å²) >= 11 is 6.11. The summed E-state index contributed by atoms with van der Waals surface area (Å²) in [5, 5.41) is 2.96. The van der Waals surface area contributed by atoms with E-state index in [1.54, 1.807) is 19.1 Å². The third kappa shape index (κ3) is 5.24. The summed E-state index contributed by atoms with van der Waals surface area (Å²) in [7, 11) is -5.40. The molecule has 0 spiro atoms. The van der Waals surface area contributed by atoms with Crippen LogP contribution >= 0.6 is 11.6 Å². The number of nitrogens with one attached hydrogen (secondary N) is 1. The number of halogens is 1. The van der Waals surface area contributed by atoms with Crippen LogP contribution in [-0.4, -0.2) is 42.3 Å². The van der Waals surface area contributed by atoms with Crippen molar-refractivity contribution in [1.82, 2.24) is 5.32 Å². The van der Waals surface area contributed by atoms with Gasteiger partial charge in [0.2, 0.25) is 10.0 Å². The van der Waals surface area contributed by atoms with E-state index in [9.17, 15) is 21.6 Å². The van der Waals surface area contributed by atoms with E-state index in [2.05, 4.69) is 5.32 Å². The number of nitrogens with zero attached hydrogens (tertiary/aromatic N) is 1. The molecule has 28 heavy (non-hydrogen) atoms. The van der Waals surface area contributed by atoms with Gasteiger partial charge in [0.1, 0.15) is 0 Å². The molecule has 10 heteroatoms. The van der Waals surface area contributed by atoms with Gasteiger partial charge < -0.3 is 5.32 Å². The maximum atomic E-state index is 12.6. The lowest BCUT2D eigenvalue weighted by Gasteiger charge is -2.19. The fraction of sp³-hybridized carbons (Fsp3) is 0.278. The van der Waals surface area contributed by atoms with Crippen LogP contribution in [-0.2, 0) is 19.9 Å². The summed E-state index contributed by atoms with van der Waals surface area (Å²) in [6.45, 7) is 1.74. The Labute approximate surface area is 170 Å². The van der Waals surface area contributed by atoms with E-state index in [1.807, 2.05) is 0 Å². The summed E-state index contributed by atoms with van der Waals surface area (Å²) in [5.41, 5.74) is 1.15. The highest BCUT2D eigenvalue weighted by Crippen LogP contribution is 2.25. The molecule has 1 N–H and O–H groups in total. The molecule has 152 valence electrons. The van der Waals surface area contributed by atoms with Gasteiger partial charge in [0, 0.05) is 13.3 Å². The molecule has 2 aromatic rings. The van der Waals surface area contributed by atoms with Gasteiger partial charge in [-0.15, -0.1) is 0 Å². The molecule has 0 aliphatic rings. The number of benzene rings is 2. The summed E-state index contributed by atoms with van der Waals surface area (Å²) in [5.74, 6) is -0.478. The van der Waals surface area contributed by atoms with Crippen molar-refractivity contribution in [3.8, 4) is 0 Å². The maximum Gasteiger partial charge on any atom is 0.253 e. The fourth-order valence-corrected chi connectivity index (χ4v) is 3.77. The summed E-state index contributed by atoms with van der Waals surface area (Å²) in [6.07, 6.45) is 2.18. The lowest BCUT2D eigenvalue weighted by atomic mass is 10.1. The molecule has 7 nitrogen and oxygen atoms in total. The number of sulfone groups is 1. The van der Waals surface area contributed by atoms with Crippen molar-refractivity contribution in [3.05, 3.63) is 58.6 Å². The van der Waals surface area contributed by atoms with Crippen molar-refractivity contribution in [2.75, 3.05) is 23.9 Å². The van der Waals surface area contributed by atoms with Gasteiger partial charge in [0.25, 0.3) is 5.91 Å². The van der Waals surface area contributed by atoms with Crippen LogP contribution in [0, 0.1) is 0 Å². The highest BCUT2D eigenvalue weighted by molar-refractivity contribution is 7.92. The van der Waals surface area contributed by atoms with E-state index in [4.69, 9.17) is 11.6 Å². The van der Waals surface area contributed by atoms with E-state index in [0.717, 1.165) is 16.8 Å². The molecule has 2 rings (SSSR count).